The standard InChI is InChI=1S/C68H41N5.C62H36N4S/c1-2-17-46(18-3-1)71-60-27-13-8-22-51(60)54-34-32-44(41-64(54)71)66-67(70-59-26-12-11-25-58(59)69-66)55-36-37-63(50-21-7-6-20-49(50)55)73-62-29-15-10-24-53(62)57-39-45-38-47(33-30-43(45)40-65(57)73)72-61-28-14-9-23-52(61)56-35-31-42-16-4-5-19-48(42)68(56)72;1-2-14-42-37(13-1)26-30-50-45-17-5-10-22-54(45)65(62(42)50)41-28-25-38-35-57-51(34-40(38)33-41)46-18-6-11-23-55(46)66(57)56-32-31-49(43-15-3-4-16-44(43)56)61-60(63-52-20-8-9-21-53(52)64-61)39-27-29-48-47-19-7-12-24-58(47)67-59(48)36-39/h1-41H;1-36H. The molecule has 9 nitrogen and oxygen atoms in total. The molecule has 0 atom stereocenters. The van der Waals surface area contributed by atoms with E-state index in [-0.39, 0.29) is 0 Å². The number of hydrogen-bond donors (Lipinski definition) is 0. The fourth-order valence-corrected chi connectivity index (χ4v) is 24.3. The van der Waals surface area contributed by atoms with Gasteiger partial charge in [-0.3, -0.25) is 0 Å². The normalized spacial score (nSPS) is 12.1. The van der Waals surface area contributed by atoms with Crippen molar-refractivity contribution < 1.29 is 0 Å². The van der Waals surface area contributed by atoms with Gasteiger partial charge in [-0.2, -0.15) is 0 Å². The largest absolute Gasteiger partial charge is 0.309 e. The van der Waals surface area contributed by atoms with Crippen LogP contribution in [-0.2, 0) is 0 Å². The quantitative estimate of drug-likeness (QED) is 0.144. The van der Waals surface area contributed by atoms with E-state index in [1.165, 1.54) is 156 Å². The lowest BCUT2D eigenvalue weighted by atomic mass is 9.96. The van der Waals surface area contributed by atoms with Gasteiger partial charge in [0.2, 0.25) is 0 Å². The van der Waals surface area contributed by atoms with E-state index < -0.39 is 0 Å². The van der Waals surface area contributed by atoms with Gasteiger partial charge in [0.05, 0.1) is 111 Å². The summed E-state index contributed by atoms with van der Waals surface area (Å²) in [5.74, 6) is 0. The Morgan fingerprint density at radius 1 is 0.157 bits per heavy atom. The van der Waals surface area contributed by atoms with Gasteiger partial charge in [0, 0.05) is 135 Å². The molecule has 10 heteroatoms. The molecule has 0 aliphatic carbocycles. The van der Waals surface area contributed by atoms with Gasteiger partial charge in [-0.1, -0.05) is 309 Å². The summed E-state index contributed by atoms with van der Waals surface area (Å²) in [4.78, 5) is 21.8. The van der Waals surface area contributed by atoms with Crippen LogP contribution in [0.4, 0.5) is 0 Å². The van der Waals surface area contributed by atoms with Gasteiger partial charge in [-0.15, -0.1) is 11.3 Å². The highest BCUT2D eigenvalue weighted by Crippen LogP contribution is 2.49. The summed E-state index contributed by atoms with van der Waals surface area (Å²) >= 11 is 1.83. The molecule has 0 unspecified atom stereocenters. The van der Waals surface area contributed by atoms with Crippen molar-refractivity contribution in [2.24, 2.45) is 0 Å². The van der Waals surface area contributed by atoms with Crippen molar-refractivity contribution >= 4 is 227 Å². The van der Waals surface area contributed by atoms with E-state index in [0.29, 0.717) is 0 Å². The Bertz CT molecular complexity index is 10800. The Kier molecular flexibility index (Phi) is 17.0. The fourth-order valence-electron chi connectivity index (χ4n) is 23.2. The third kappa shape index (κ3) is 11.8. The molecule has 0 amide bonds. The summed E-state index contributed by atoms with van der Waals surface area (Å²) in [7, 11) is 0. The molecule has 31 rings (SSSR count). The minimum atomic E-state index is 0.847. The van der Waals surface area contributed by atoms with Crippen LogP contribution < -0.4 is 0 Å². The molecule has 0 radical (unpaired) electrons. The van der Waals surface area contributed by atoms with Crippen molar-refractivity contribution in [3.05, 3.63) is 467 Å². The second-order valence-corrected chi connectivity index (χ2v) is 38.1. The number of thiophene rings is 1. The van der Waals surface area contributed by atoms with E-state index in [0.717, 1.165) is 134 Å². The number of hydrogen-bond acceptors (Lipinski definition) is 5. The van der Waals surface area contributed by atoms with Crippen LogP contribution >= 0.6 is 11.3 Å². The minimum Gasteiger partial charge on any atom is -0.309 e. The van der Waals surface area contributed by atoms with Gasteiger partial charge in [0.15, 0.2) is 0 Å². The molecule has 8 aromatic heterocycles. The van der Waals surface area contributed by atoms with Crippen LogP contribution in [0.5, 0.6) is 0 Å². The Labute approximate surface area is 804 Å². The van der Waals surface area contributed by atoms with E-state index in [9.17, 15) is 0 Å². The first-order valence-corrected chi connectivity index (χ1v) is 48.6. The lowest BCUT2D eigenvalue weighted by molar-refractivity contribution is 1.18. The van der Waals surface area contributed by atoms with Gasteiger partial charge in [-0.25, -0.2) is 19.9 Å². The van der Waals surface area contributed by atoms with Crippen molar-refractivity contribution in [2.75, 3.05) is 0 Å². The Balaban J connectivity index is 0.000000132. The number of aromatic nitrogens is 9. The molecule has 0 aliphatic rings. The predicted molar refractivity (Wildman–Crippen MR) is 590 cm³/mol. The van der Waals surface area contributed by atoms with E-state index in [2.05, 4.69) is 466 Å². The molecule has 648 valence electrons. The van der Waals surface area contributed by atoms with Crippen LogP contribution in [-0.4, -0.2) is 42.8 Å². The average molecular weight is 1800 g/mol. The zero-order chi connectivity index (χ0) is 91.5. The smallest absolute Gasteiger partial charge is 0.0979 e. The molecule has 0 saturated carbocycles. The lowest BCUT2D eigenvalue weighted by Gasteiger charge is -2.17. The SMILES string of the molecule is c1ccc(-n2c3ccccc3c3ccc(-c4nc5ccccc5nc4-c4ccc(-n5c6ccccc6c6cc7cc(-n8c9ccccc9c9ccc%10ccccc%10c98)ccc7cc65)c5ccccc45)cc32)cc1.c1ccc2c(c1)ccc1c3ccccc3n(-c3ccc4cc5c(cc4c3)c3ccccc3n5-c3ccc(-c4nc5ccccc5nc4-c4ccc5c(c4)sc4ccccc45)c4ccccc34)c21. The molecule has 8 heterocycles. The summed E-state index contributed by atoms with van der Waals surface area (Å²) in [6.07, 6.45) is 0. The molecule has 0 aliphatic heterocycles. The van der Waals surface area contributed by atoms with Gasteiger partial charge >= 0.3 is 0 Å². The second-order valence-electron chi connectivity index (χ2n) is 37.0. The number of fused-ring (bicyclic) bond motifs is 28. The summed E-state index contributed by atoms with van der Waals surface area (Å²) in [6.45, 7) is 0. The van der Waals surface area contributed by atoms with Crippen molar-refractivity contribution in [3.8, 4) is 73.5 Å². The van der Waals surface area contributed by atoms with Crippen LogP contribution in [0.3, 0.4) is 0 Å². The molecule has 0 bridgehead atoms. The third-order valence-electron chi connectivity index (χ3n) is 29.4. The van der Waals surface area contributed by atoms with E-state index >= 15 is 0 Å². The Morgan fingerprint density at radius 2 is 0.493 bits per heavy atom. The van der Waals surface area contributed by atoms with Crippen molar-refractivity contribution in [1.29, 1.82) is 0 Å². The maximum Gasteiger partial charge on any atom is 0.0979 e. The minimum absolute atomic E-state index is 0.847. The molecule has 31 aromatic rings. The fraction of sp³-hybridized carbons (Fsp3) is 0. The van der Waals surface area contributed by atoms with Gasteiger partial charge in [0.1, 0.15) is 0 Å². The van der Waals surface area contributed by atoms with Crippen molar-refractivity contribution in [1.82, 2.24) is 42.8 Å². The Morgan fingerprint density at radius 3 is 0.979 bits per heavy atom. The van der Waals surface area contributed by atoms with Crippen LogP contribution in [0, 0.1) is 0 Å². The lowest BCUT2D eigenvalue weighted by Crippen LogP contribution is -1.99. The highest BCUT2D eigenvalue weighted by Gasteiger charge is 2.28. The summed E-state index contributed by atoms with van der Waals surface area (Å²) in [5.41, 5.74) is 28.6. The van der Waals surface area contributed by atoms with E-state index in [4.69, 9.17) is 19.9 Å². The molecule has 140 heavy (non-hydrogen) atoms. The first kappa shape index (κ1) is 77.9. The average Bonchev–Trinajstić information content (AvgIpc) is 1.56. The van der Waals surface area contributed by atoms with Gasteiger partial charge in [-0.05, 0) is 201 Å². The molecule has 0 fully saturated rings. The summed E-state index contributed by atoms with van der Waals surface area (Å²) in [5, 5.41) is 29.2. The maximum absolute atomic E-state index is 5.50. The second kappa shape index (κ2) is 30.5. The zero-order valence-corrected chi connectivity index (χ0v) is 76.2. The van der Waals surface area contributed by atoms with Crippen molar-refractivity contribution in [3.63, 3.8) is 0 Å². The Hall–Kier alpha value is -18.5. The molecule has 0 spiro atoms. The van der Waals surface area contributed by atoms with Crippen LogP contribution in [0.15, 0.2) is 467 Å². The van der Waals surface area contributed by atoms with Gasteiger partial charge < -0.3 is 22.8 Å². The highest BCUT2D eigenvalue weighted by atomic mass is 32.1. The topological polar surface area (TPSA) is 76.2 Å². The molecular weight excluding hydrogens is 1720 g/mol. The number of para-hydroxylation sites is 10. The molecule has 23 aromatic carbocycles. The number of benzene rings is 23. The molecule has 0 N–H and O–H groups in total. The molecule has 0 saturated heterocycles. The van der Waals surface area contributed by atoms with E-state index in [1.54, 1.807) is 0 Å². The van der Waals surface area contributed by atoms with Crippen LogP contribution in [0.2, 0.25) is 0 Å². The van der Waals surface area contributed by atoms with Crippen LogP contribution in [0.25, 0.3) is 289 Å². The van der Waals surface area contributed by atoms with Gasteiger partial charge in [0.25, 0.3) is 0 Å². The monoisotopic (exact) mass is 1800 g/mol. The summed E-state index contributed by atoms with van der Waals surface area (Å²) in [6, 6.07) is 170. The highest BCUT2D eigenvalue weighted by molar-refractivity contribution is 7.25. The molecular formula is C130H77N9S. The number of rotatable bonds is 9. The predicted octanol–water partition coefficient (Wildman–Crippen LogP) is 34.7. The first-order valence-electron chi connectivity index (χ1n) is 47.8. The van der Waals surface area contributed by atoms with Crippen molar-refractivity contribution in [2.45, 2.75) is 0 Å². The number of nitrogens with zero attached hydrogens (tertiary/aromatic N) is 9. The summed E-state index contributed by atoms with van der Waals surface area (Å²) < 4.78 is 14.8. The van der Waals surface area contributed by atoms with E-state index in [1.807, 2.05) is 35.6 Å². The maximum atomic E-state index is 5.50. The third-order valence-corrected chi connectivity index (χ3v) is 30.5. The first-order chi connectivity index (χ1) is 69.4. The van der Waals surface area contributed by atoms with Crippen LogP contribution in [0.1, 0.15) is 0 Å². The zero-order valence-electron chi connectivity index (χ0n) is 75.4.